The van der Waals surface area contributed by atoms with E-state index in [-0.39, 0.29) is 0 Å². The molecule has 0 radical (unpaired) electrons. The second kappa shape index (κ2) is 7.07. The molecule has 0 spiro atoms. The molecule has 0 aliphatic carbocycles. The summed E-state index contributed by atoms with van der Waals surface area (Å²) in [5.41, 5.74) is 2.11. The number of benzene rings is 3. The summed E-state index contributed by atoms with van der Waals surface area (Å²) in [4.78, 5) is 17.2. The molecule has 0 aliphatic rings. The topological polar surface area (TPSA) is 64.4 Å². The van der Waals surface area contributed by atoms with Crippen LogP contribution in [0.4, 0.5) is 10.8 Å². The highest BCUT2D eigenvalue weighted by atomic mass is 32.1. The van der Waals surface area contributed by atoms with Gasteiger partial charge in [-0.2, -0.15) is 0 Å². The molecule has 0 amide bonds. The number of nitrogens with zero attached hydrogens (tertiary/aromatic N) is 1. The van der Waals surface area contributed by atoms with E-state index in [9.17, 15) is 4.79 Å². The van der Waals surface area contributed by atoms with Crippen LogP contribution in [0.2, 0.25) is 0 Å². The molecule has 29 heavy (non-hydrogen) atoms. The number of methoxy groups -OCH3 is 1. The first-order valence-corrected chi connectivity index (χ1v) is 9.92. The molecule has 0 aliphatic heterocycles. The first kappa shape index (κ1) is 17.5. The third kappa shape index (κ3) is 3.23. The fourth-order valence-corrected chi connectivity index (χ4v) is 4.03. The molecule has 0 saturated carbocycles. The smallest absolute Gasteiger partial charge is 0.345 e. The number of hydrogen-bond acceptors (Lipinski definition) is 6. The van der Waals surface area contributed by atoms with Gasteiger partial charge < -0.3 is 14.5 Å². The van der Waals surface area contributed by atoms with Crippen LogP contribution in [-0.2, 0) is 0 Å². The fourth-order valence-electron chi connectivity index (χ4n) is 3.30. The lowest BCUT2D eigenvalue weighted by atomic mass is 10.0. The van der Waals surface area contributed by atoms with E-state index < -0.39 is 5.63 Å². The summed E-state index contributed by atoms with van der Waals surface area (Å²) in [6.07, 6.45) is 0. The van der Waals surface area contributed by atoms with Crippen LogP contribution in [0.15, 0.2) is 81.3 Å². The SMILES string of the molecule is COc1ccc(Nc2nc(-c3cc4c(ccc5ccccc54)oc3=O)cs2)cc1. The van der Waals surface area contributed by atoms with Gasteiger partial charge in [0.05, 0.1) is 18.4 Å². The maximum atomic E-state index is 12.6. The Labute approximate surface area is 170 Å². The summed E-state index contributed by atoms with van der Waals surface area (Å²) in [5, 5.41) is 8.84. The van der Waals surface area contributed by atoms with Crippen LogP contribution < -0.4 is 15.7 Å². The highest BCUT2D eigenvalue weighted by Crippen LogP contribution is 2.30. The van der Waals surface area contributed by atoms with Crippen molar-refractivity contribution in [1.29, 1.82) is 0 Å². The molecule has 2 aromatic heterocycles. The monoisotopic (exact) mass is 400 g/mol. The largest absolute Gasteiger partial charge is 0.497 e. The zero-order valence-electron chi connectivity index (χ0n) is 15.5. The Balaban J connectivity index is 1.54. The van der Waals surface area contributed by atoms with Crippen LogP contribution in [0.25, 0.3) is 33.0 Å². The van der Waals surface area contributed by atoms with E-state index in [0.717, 1.165) is 27.6 Å². The van der Waals surface area contributed by atoms with Crippen molar-refractivity contribution in [2.24, 2.45) is 0 Å². The summed E-state index contributed by atoms with van der Waals surface area (Å²) in [7, 11) is 1.63. The molecule has 0 saturated heterocycles. The molecule has 0 atom stereocenters. The quantitative estimate of drug-likeness (QED) is 0.304. The number of thiazole rings is 1. The molecule has 6 heteroatoms. The molecular formula is C23H16N2O3S. The van der Waals surface area contributed by atoms with Crippen molar-refractivity contribution in [3.05, 3.63) is 82.5 Å². The lowest BCUT2D eigenvalue weighted by Gasteiger charge is -2.05. The summed E-state index contributed by atoms with van der Waals surface area (Å²) < 4.78 is 10.8. The predicted molar refractivity (Wildman–Crippen MR) is 117 cm³/mol. The Kier molecular flexibility index (Phi) is 4.26. The normalized spacial score (nSPS) is 11.1. The predicted octanol–water partition coefficient (Wildman–Crippen LogP) is 5.82. The van der Waals surface area contributed by atoms with Crippen molar-refractivity contribution in [3.63, 3.8) is 0 Å². The Hall–Kier alpha value is -3.64. The average Bonchev–Trinajstić information content (AvgIpc) is 3.22. The first-order chi connectivity index (χ1) is 14.2. The van der Waals surface area contributed by atoms with E-state index in [1.807, 2.05) is 72.1 Å². The molecule has 1 N–H and O–H groups in total. The fraction of sp³-hybridized carbons (Fsp3) is 0.0435. The second-order valence-electron chi connectivity index (χ2n) is 6.54. The number of anilines is 2. The van der Waals surface area contributed by atoms with Gasteiger partial charge in [0.1, 0.15) is 11.3 Å². The highest BCUT2D eigenvalue weighted by Gasteiger charge is 2.13. The van der Waals surface area contributed by atoms with Crippen LogP contribution in [0.3, 0.4) is 0 Å². The van der Waals surface area contributed by atoms with Crippen LogP contribution >= 0.6 is 11.3 Å². The van der Waals surface area contributed by atoms with E-state index in [1.165, 1.54) is 11.3 Å². The van der Waals surface area contributed by atoms with Crippen molar-refractivity contribution in [3.8, 4) is 17.0 Å². The number of hydrogen-bond donors (Lipinski definition) is 1. The molecule has 5 aromatic rings. The lowest BCUT2D eigenvalue weighted by molar-refractivity contribution is 0.415. The molecule has 0 fully saturated rings. The molecule has 2 heterocycles. The molecule has 0 unspecified atom stereocenters. The zero-order chi connectivity index (χ0) is 19.8. The van der Waals surface area contributed by atoms with Crippen molar-refractivity contribution < 1.29 is 9.15 Å². The van der Waals surface area contributed by atoms with Crippen LogP contribution in [0, 0.1) is 0 Å². The van der Waals surface area contributed by atoms with Crippen molar-refractivity contribution in [2.75, 3.05) is 12.4 Å². The summed E-state index contributed by atoms with van der Waals surface area (Å²) in [5.74, 6) is 0.788. The third-order valence-corrected chi connectivity index (χ3v) is 5.52. The van der Waals surface area contributed by atoms with E-state index in [0.29, 0.717) is 22.0 Å². The van der Waals surface area contributed by atoms with E-state index in [4.69, 9.17) is 9.15 Å². The lowest BCUT2D eigenvalue weighted by Crippen LogP contribution is -2.03. The minimum absolute atomic E-state index is 0.394. The Bertz CT molecular complexity index is 1390. The number of ether oxygens (including phenoxy) is 1. The summed E-state index contributed by atoms with van der Waals surface area (Å²) in [6, 6.07) is 21.3. The molecular weight excluding hydrogens is 384 g/mol. The van der Waals surface area contributed by atoms with Gasteiger partial charge >= 0.3 is 5.63 Å². The minimum Gasteiger partial charge on any atom is -0.497 e. The molecule has 3 aromatic carbocycles. The van der Waals surface area contributed by atoms with Gasteiger partial charge in [0.25, 0.3) is 0 Å². The van der Waals surface area contributed by atoms with E-state index in [1.54, 1.807) is 7.11 Å². The van der Waals surface area contributed by atoms with Gasteiger partial charge in [-0.25, -0.2) is 9.78 Å². The van der Waals surface area contributed by atoms with Gasteiger partial charge in [0, 0.05) is 16.5 Å². The van der Waals surface area contributed by atoms with Crippen molar-refractivity contribution in [1.82, 2.24) is 4.98 Å². The molecule has 5 rings (SSSR count). The van der Waals surface area contributed by atoms with Crippen molar-refractivity contribution >= 4 is 43.9 Å². The van der Waals surface area contributed by atoms with Crippen LogP contribution in [-0.4, -0.2) is 12.1 Å². The number of nitrogens with one attached hydrogen (secondary N) is 1. The second-order valence-corrected chi connectivity index (χ2v) is 7.40. The highest BCUT2D eigenvalue weighted by molar-refractivity contribution is 7.14. The average molecular weight is 400 g/mol. The Morgan fingerprint density at radius 3 is 2.66 bits per heavy atom. The Morgan fingerprint density at radius 1 is 1.00 bits per heavy atom. The maximum absolute atomic E-state index is 12.6. The number of fused-ring (bicyclic) bond motifs is 3. The van der Waals surface area contributed by atoms with Gasteiger partial charge in [-0.1, -0.05) is 30.3 Å². The van der Waals surface area contributed by atoms with Gasteiger partial charge in [-0.05, 0) is 47.2 Å². The summed E-state index contributed by atoms with van der Waals surface area (Å²) in [6.45, 7) is 0. The van der Waals surface area contributed by atoms with Gasteiger partial charge in [0.2, 0.25) is 0 Å². The maximum Gasteiger partial charge on any atom is 0.345 e. The number of aromatic nitrogens is 1. The number of rotatable bonds is 4. The van der Waals surface area contributed by atoms with Crippen LogP contribution in [0.1, 0.15) is 0 Å². The standard InChI is InChI=1S/C23H16N2O3S/c1-27-16-9-7-15(8-10-16)24-23-25-20(13-29-23)19-12-18-17-5-3-2-4-14(17)6-11-21(18)28-22(19)26/h2-13H,1H3,(H,24,25). The zero-order valence-corrected chi connectivity index (χ0v) is 16.3. The van der Waals surface area contributed by atoms with Gasteiger partial charge in [-0.15, -0.1) is 11.3 Å². The molecule has 5 nitrogen and oxygen atoms in total. The van der Waals surface area contributed by atoms with Crippen molar-refractivity contribution in [2.45, 2.75) is 0 Å². The summed E-state index contributed by atoms with van der Waals surface area (Å²) >= 11 is 1.43. The van der Waals surface area contributed by atoms with Gasteiger partial charge in [0.15, 0.2) is 5.13 Å². The van der Waals surface area contributed by atoms with E-state index in [2.05, 4.69) is 10.3 Å². The van der Waals surface area contributed by atoms with Gasteiger partial charge in [-0.3, -0.25) is 0 Å². The molecule has 0 bridgehead atoms. The molecule has 142 valence electrons. The third-order valence-electron chi connectivity index (χ3n) is 4.76. The van der Waals surface area contributed by atoms with Crippen LogP contribution in [0.5, 0.6) is 5.75 Å². The van der Waals surface area contributed by atoms with E-state index >= 15 is 0 Å². The Morgan fingerprint density at radius 2 is 1.83 bits per heavy atom. The minimum atomic E-state index is -0.394. The first-order valence-electron chi connectivity index (χ1n) is 9.04.